The number of alkyl halides is 3. The van der Waals surface area contributed by atoms with Crippen molar-refractivity contribution in [3.63, 3.8) is 0 Å². The molecule has 0 unspecified atom stereocenters. The lowest BCUT2D eigenvalue weighted by atomic mass is 9.96. The first-order valence-corrected chi connectivity index (χ1v) is 9.07. The fraction of sp³-hybridized carbons (Fsp3) is 0.364. The molecule has 0 bridgehead atoms. The van der Waals surface area contributed by atoms with Crippen molar-refractivity contribution < 1.29 is 22.6 Å². The maximum atomic E-state index is 12.6. The number of aryl methyl sites for hydroxylation is 2. The number of halogens is 3. The quantitative estimate of drug-likeness (QED) is 0.611. The van der Waals surface area contributed by atoms with Gasteiger partial charge in [0.1, 0.15) is 11.5 Å². The molecule has 150 valence electrons. The Morgan fingerprint density at radius 3 is 2.50 bits per heavy atom. The maximum Gasteiger partial charge on any atom is 0.573 e. The summed E-state index contributed by atoms with van der Waals surface area (Å²) in [7, 11) is 1.60. The van der Waals surface area contributed by atoms with Gasteiger partial charge in [-0.1, -0.05) is 18.7 Å². The van der Waals surface area contributed by atoms with Crippen LogP contribution in [0.2, 0.25) is 0 Å². The summed E-state index contributed by atoms with van der Waals surface area (Å²) in [6.07, 6.45) is -3.99. The summed E-state index contributed by atoms with van der Waals surface area (Å²) in [5.41, 5.74) is 7.06. The Bertz CT molecular complexity index is 919. The van der Waals surface area contributed by atoms with Gasteiger partial charge in [-0.15, -0.1) is 13.2 Å². The molecule has 0 fully saturated rings. The van der Waals surface area contributed by atoms with Crippen LogP contribution in [-0.2, 0) is 17.7 Å². The van der Waals surface area contributed by atoms with E-state index in [4.69, 9.17) is 4.74 Å². The van der Waals surface area contributed by atoms with Gasteiger partial charge in [0.2, 0.25) is 0 Å². The summed E-state index contributed by atoms with van der Waals surface area (Å²) in [4.78, 5) is 2.22. The Morgan fingerprint density at radius 1 is 1.14 bits per heavy atom. The maximum absolute atomic E-state index is 12.6. The van der Waals surface area contributed by atoms with E-state index in [2.05, 4.69) is 23.1 Å². The normalized spacial score (nSPS) is 13.5. The fourth-order valence-electron chi connectivity index (χ4n) is 3.92. The number of fused-ring (bicyclic) bond motifs is 1. The second-order valence-electron chi connectivity index (χ2n) is 7.13. The summed E-state index contributed by atoms with van der Waals surface area (Å²) in [6.45, 7) is 11.3. The van der Waals surface area contributed by atoms with Crippen molar-refractivity contribution >= 4 is 11.4 Å². The number of anilines is 1. The Balaban J connectivity index is 1.93. The topological polar surface area (TPSA) is 21.7 Å². The number of hydrogen-bond acceptors (Lipinski definition) is 3. The molecule has 2 aromatic carbocycles. The molecule has 28 heavy (non-hydrogen) atoms. The zero-order chi connectivity index (χ0) is 20.6. The molecular weight excluding hydrogens is 367 g/mol. The number of benzene rings is 2. The molecule has 0 atom stereocenters. The molecule has 0 amide bonds. The monoisotopic (exact) mass is 391 g/mol. The molecule has 0 aliphatic carbocycles. The molecule has 3 rings (SSSR count). The molecule has 0 spiro atoms. The van der Waals surface area contributed by atoms with Crippen LogP contribution in [0.4, 0.5) is 18.9 Å². The van der Waals surface area contributed by atoms with Crippen molar-refractivity contribution in [3.8, 4) is 5.75 Å². The Hall–Kier alpha value is -2.63. The Kier molecular flexibility index (Phi) is 5.33. The molecule has 0 aromatic heterocycles. The van der Waals surface area contributed by atoms with Crippen molar-refractivity contribution in [1.82, 2.24) is 0 Å². The highest BCUT2D eigenvalue weighted by Crippen LogP contribution is 2.38. The molecule has 3 nitrogen and oxygen atoms in total. The number of ether oxygens (including phenoxy) is 2. The highest BCUT2D eigenvalue weighted by atomic mass is 19.4. The van der Waals surface area contributed by atoms with Gasteiger partial charge in [0.05, 0.1) is 7.11 Å². The van der Waals surface area contributed by atoms with E-state index in [0.717, 1.165) is 40.0 Å². The molecule has 1 heterocycles. The van der Waals surface area contributed by atoms with E-state index in [1.807, 2.05) is 26.0 Å². The van der Waals surface area contributed by atoms with E-state index in [0.29, 0.717) is 18.7 Å². The van der Waals surface area contributed by atoms with Crippen LogP contribution in [0, 0.1) is 20.8 Å². The minimum absolute atomic E-state index is 0.156. The molecule has 6 heteroatoms. The highest BCUT2D eigenvalue weighted by Gasteiger charge is 2.32. The average molecular weight is 391 g/mol. The summed E-state index contributed by atoms with van der Waals surface area (Å²) in [6, 6.07) is 7.00. The van der Waals surface area contributed by atoms with E-state index in [1.165, 1.54) is 17.7 Å². The number of hydrogen-bond donors (Lipinski definition) is 0. The van der Waals surface area contributed by atoms with Crippen molar-refractivity contribution in [1.29, 1.82) is 0 Å². The van der Waals surface area contributed by atoms with E-state index in [1.54, 1.807) is 7.11 Å². The van der Waals surface area contributed by atoms with E-state index in [9.17, 15) is 13.2 Å². The third-order valence-electron chi connectivity index (χ3n) is 5.28. The summed E-state index contributed by atoms with van der Waals surface area (Å²) >= 11 is 0. The third kappa shape index (κ3) is 3.96. The number of methoxy groups -OCH3 is 1. The largest absolute Gasteiger partial charge is 0.573 e. The highest BCUT2D eigenvalue weighted by molar-refractivity contribution is 5.67. The summed E-state index contributed by atoms with van der Waals surface area (Å²) in [5, 5.41) is 0. The van der Waals surface area contributed by atoms with Crippen LogP contribution in [0.5, 0.6) is 5.75 Å². The molecule has 0 N–H and O–H groups in total. The van der Waals surface area contributed by atoms with Gasteiger partial charge in [0, 0.05) is 24.3 Å². The molecule has 1 aliphatic heterocycles. The van der Waals surface area contributed by atoms with Crippen LogP contribution in [-0.4, -0.2) is 20.0 Å². The van der Waals surface area contributed by atoms with E-state index in [-0.39, 0.29) is 5.75 Å². The van der Waals surface area contributed by atoms with Gasteiger partial charge in [0.25, 0.3) is 0 Å². The van der Waals surface area contributed by atoms with E-state index >= 15 is 0 Å². The number of rotatable bonds is 5. The fourth-order valence-corrected chi connectivity index (χ4v) is 3.92. The van der Waals surface area contributed by atoms with Crippen molar-refractivity contribution in [2.45, 2.75) is 40.1 Å². The summed E-state index contributed by atoms with van der Waals surface area (Å²) < 4.78 is 47.1. The zero-order valence-corrected chi connectivity index (χ0v) is 16.5. The molecular formula is C22H24F3NO2. The minimum atomic E-state index is -4.68. The van der Waals surface area contributed by atoms with Gasteiger partial charge in [-0.05, 0) is 67.1 Å². The van der Waals surface area contributed by atoms with Crippen LogP contribution in [0.1, 0.15) is 33.4 Å². The minimum Gasteiger partial charge on any atom is -0.497 e. The van der Waals surface area contributed by atoms with Gasteiger partial charge in [-0.3, -0.25) is 0 Å². The standard InChI is InChI=1S/C22H24F3NO2/c1-13-6-7-19(16(4)27-5)15(3)20(13)12-26-9-8-17-11-18(28-22(23,24)25)10-14(2)21(17)26/h6-7,10-11H,4,8-9,12H2,1-3,5H3. The van der Waals surface area contributed by atoms with E-state index < -0.39 is 6.36 Å². The van der Waals surface area contributed by atoms with Gasteiger partial charge >= 0.3 is 6.36 Å². The Morgan fingerprint density at radius 2 is 1.86 bits per heavy atom. The Labute approximate surface area is 163 Å². The zero-order valence-electron chi connectivity index (χ0n) is 16.5. The lowest BCUT2D eigenvalue weighted by molar-refractivity contribution is -0.274. The second-order valence-corrected chi connectivity index (χ2v) is 7.13. The lowest BCUT2D eigenvalue weighted by Crippen LogP contribution is -2.22. The average Bonchev–Trinajstić information content (AvgIpc) is 2.99. The van der Waals surface area contributed by atoms with Gasteiger partial charge < -0.3 is 14.4 Å². The molecule has 2 aromatic rings. The van der Waals surface area contributed by atoms with Crippen molar-refractivity contribution in [2.24, 2.45) is 0 Å². The van der Waals surface area contributed by atoms with Crippen LogP contribution < -0.4 is 9.64 Å². The molecule has 0 saturated heterocycles. The first kappa shape index (κ1) is 20.1. The first-order valence-electron chi connectivity index (χ1n) is 9.07. The molecule has 0 radical (unpaired) electrons. The van der Waals surface area contributed by atoms with Gasteiger partial charge in [-0.2, -0.15) is 0 Å². The van der Waals surface area contributed by atoms with Gasteiger partial charge in [0.15, 0.2) is 0 Å². The number of nitrogens with zero attached hydrogens (tertiary/aromatic N) is 1. The van der Waals surface area contributed by atoms with Crippen LogP contribution in [0.3, 0.4) is 0 Å². The van der Waals surface area contributed by atoms with Crippen molar-refractivity contribution in [3.05, 3.63) is 64.2 Å². The smallest absolute Gasteiger partial charge is 0.497 e. The predicted molar refractivity (Wildman–Crippen MR) is 105 cm³/mol. The van der Waals surface area contributed by atoms with Gasteiger partial charge in [-0.25, -0.2) is 0 Å². The SMILES string of the molecule is C=C(OC)c1ccc(C)c(CN2CCc3cc(OC(F)(F)F)cc(C)c32)c1C. The molecule has 1 aliphatic rings. The summed E-state index contributed by atoms with van der Waals surface area (Å²) in [5.74, 6) is 0.460. The second kappa shape index (κ2) is 7.41. The van der Waals surface area contributed by atoms with Crippen LogP contribution >= 0.6 is 0 Å². The predicted octanol–water partition coefficient (Wildman–Crippen LogP) is 5.69. The molecule has 0 saturated carbocycles. The van der Waals surface area contributed by atoms with Crippen LogP contribution in [0.25, 0.3) is 5.76 Å². The van der Waals surface area contributed by atoms with Crippen molar-refractivity contribution in [2.75, 3.05) is 18.6 Å². The lowest BCUT2D eigenvalue weighted by Gasteiger charge is -2.25. The van der Waals surface area contributed by atoms with Crippen LogP contribution in [0.15, 0.2) is 30.8 Å². The first-order chi connectivity index (χ1) is 13.1. The third-order valence-corrected chi connectivity index (χ3v) is 5.28.